The molecular formula is C19H19N5O2S. The number of hydrogen-bond acceptors (Lipinski definition) is 7. The fraction of sp³-hybridized carbons (Fsp3) is 0.263. The Bertz CT molecular complexity index is 1050. The molecule has 7 nitrogen and oxygen atoms in total. The summed E-state index contributed by atoms with van der Waals surface area (Å²) in [7, 11) is 0. The zero-order chi connectivity index (χ0) is 18.8. The van der Waals surface area contributed by atoms with Gasteiger partial charge in [0.05, 0.1) is 11.3 Å². The number of hydrogen-bond donors (Lipinski definition) is 1. The van der Waals surface area contributed by atoms with Gasteiger partial charge in [0.15, 0.2) is 5.82 Å². The van der Waals surface area contributed by atoms with Crippen molar-refractivity contribution in [3.8, 4) is 22.8 Å². The molecule has 0 amide bonds. The second-order valence-electron chi connectivity index (χ2n) is 6.13. The Morgan fingerprint density at radius 1 is 1.07 bits per heavy atom. The van der Waals surface area contributed by atoms with E-state index in [-0.39, 0.29) is 0 Å². The van der Waals surface area contributed by atoms with Crippen LogP contribution in [0.15, 0.2) is 44.3 Å². The van der Waals surface area contributed by atoms with E-state index in [4.69, 9.17) is 8.83 Å². The van der Waals surface area contributed by atoms with E-state index in [9.17, 15) is 0 Å². The van der Waals surface area contributed by atoms with Crippen LogP contribution in [-0.2, 0) is 12.2 Å². The van der Waals surface area contributed by atoms with Crippen LogP contribution in [0.1, 0.15) is 29.9 Å². The lowest BCUT2D eigenvalue weighted by atomic mass is 10.1. The van der Waals surface area contributed by atoms with Crippen molar-refractivity contribution in [1.29, 1.82) is 0 Å². The number of aromatic nitrogens is 5. The zero-order valence-electron chi connectivity index (χ0n) is 15.3. The van der Waals surface area contributed by atoms with Crippen molar-refractivity contribution in [1.82, 2.24) is 25.4 Å². The summed E-state index contributed by atoms with van der Waals surface area (Å²) in [5.74, 6) is 3.81. The number of thioether (sulfide) groups is 1. The molecular weight excluding hydrogens is 362 g/mol. The predicted molar refractivity (Wildman–Crippen MR) is 102 cm³/mol. The van der Waals surface area contributed by atoms with Gasteiger partial charge in [-0.15, -0.1) is 15.3 Å². The minimum absolute atomic E-state index is 0.464. The Hall–Kier alpha value is -2.87. The summed E-state index contributed by atoms with van der Waals surface area (Å²) in [6.07, 6.45) is 1.02. The third kappa shape index (κ3) is 3.80. The van der Waals surface area contributed by atoms with Crippen molar-refractivity contribution in [3.63, 3.8) is 0 Å². The Morgan fingerprint density at radius 3 is 2.59 bits per heavy atom. The highest BCUT2D eigenvalue weighted by Gasteiger charge is 2.15. The van der Waals surface area contributed by atoms with Gasteiger partial charge in [-0.2, -0.15) is 0 Å². The van der Waals surface area contributed by atoms with E-state index in [1.165, 1.54) is 17.3 Å². The summed E-state index contributed by atoms with van der Waals surface area (Å²) in [6, 6.07) is 10.2. The first-order valence-corrected chi connectivity index (χ1v) is 9.65. The van der Waals surface area contributed by atoms with Crippen molar-refractivity contribution in [2.24, 2.45) is 0 Å². The fourth-order valence-corrected chi connectivity index (χ4v) is 3.36. The summed E-state index contributed by atoms with van der Waals surface area (Å²) < 4.78 is 11.2. The Balaban J connectivity index is 1.42. The van der Waals surface area contributed by atoms with Crippen LogP contribution in [0.25, 0.3) is 22.8 Å². The van der Waals surface area contributed by atoms with Crippen LogP contribution < -0.4 is 0 Å². The maximum absolute atomic E-state index is 5.73. The molecule has 4 aromatic rings. The molecule has 0 bridgehead atoms. The van der Waals surface area contributed by atoms with Crippen LogP contribution in [0.5, 0.6) is 0 Å². The Morgan fingerprint density at radius 2 is 1.89 bits per heavy atom. The number of aromatic amines is 1. The molecule has 0 atom stereocenters. The van der Waals surface area contributed by atoms with Gasteiger partial charge in [-0.3, -0.25) is 5.10 Å². The van der Waals surface area contributed by atoms with Gasteiger partial charge in [0.25, 0.3) is 5.89 Å². The van der Waals surface area contributed by atoms with Crippen LogP contribution in [0.4, 0.5) is 0 Å². The number of nitrogens with one attached hydrogen (secondary N) is 1. The lowest BCUT2D eigenvalue weighted by molar-refractivity contribution is 0.499. The molecule has 3 heterocycles. The molecule has 0 aliphatic carbocycles. The van der Waals surface area contributed by atoms with E-state index < -0.39 is 0 Å². The third-order valence-electron chi connectivity index (χ3n) is 4.16. The maximum atomic E-state index is 5.73. The highest BCUT2D eigenvalue weighted by molar-refractivity contribution is 7.98. The van der Waals surface area contributed by atoms with Crippen molar-refractivity contribution >= 4 is 11.8 Å². The number of rotatable bonds is 6. The Kier molecular flexibility index (Phi) is 4.81. The first-order chi connectivity index (χ1) is 13.1. The van der Waals surface area contributed by atoms with Gasteiger partial charge >= 0.3 is 0 Å². The molecule has 0 saturated heterocycles. The monoisotopic (exact) mass is 381 g/mol. The average Bonchev–Trinajstić information content (AvgIpc) is 3.40. The van der Waals surface area contributed by atoms with Gasteiger partial charge in [0.1, 0.15) is 11.5 Å². The van der Waals surface area contributed by atoms with Gasteiger partial charge in [-0.25, -0.2) is 4.98 Å². The van der Waals surface area contributed by atoms with Crippen molar-refractivity contribution in [3.05, 3.63) is 53.3 Å². The van der Waals surface area contributed by atoms with E-state index in [2.05, 4.69) is 44.4 Å². The smallest absolute Gasteiger partial charge is 0.251 e. The quantitative estimate of drug-likeness (QED) is 0.488. The first-order valence-electron chi connectivity index (χ1n) is 8.66. The highest BCUT2D eigenvalue weighted by atomic mass is 32.2. The summed E-state index contributed by atoms with van der Waals surface area (Å²) >= 11 is 1.44. The molecule has 3 aromatic heterocycles. The third-order valence-corrected chi connectivity index (χ3v) is 5.00. The molecule has 0 unspecified atom stereocenters. The van der Waals surface area contributed by atoms with Gasteiger partial charge in [-0.05, 0) is 31.9 Å². The van der Waals surface area contributed by atoms with Crippen molar-refractivity contribution < 1.29 is 8.83 Å². The molecule has 27 heavy (non-hydrogen) atoms. The maximum Gasteiger partial charge on any atom is 0.251 e. The summed E-state index contributed by atoms with van der Waals surface area (Å²) in [6.45, 7) is 5.90. The fourth-order valence-electron chi connectivity index (χ4n) is 2.73. The summed E-state index contributed by atoms with van der Waals surface area (Å²) in [5.41, 5.74) is 3.13. The van der Waals surface area contributed by atoms with E-state index in [1.807, 2.05) is 32.0 Å². The van der Waals surface area contributed by atoms with Crippen LogP contribution in [0.3, 0.4) is 0 Å². The van der Waals surface area contributed by atoms with Crippen LogP contribution in [0, 0.1) is 13.8 Å². The predicted octanol–water partition coefficient (Wildman–Crippen LogP) is 4.59. The van der Waals surface area contributed by atoms with E-state index in [0.29, 0.717) is 22.7 Å². The van der Waals surface area contributed by atoms with Gasteiger partial charge < -0.3 is 8.83 Å². The number of furan rings is 1. The number of aryl methyl sites for hydroxylation is 3. The van der Waals surface area contributed by atoms with Crippen molar-refractivity contribution in [2.75, 3.05) is 0 Å². The van der Waals surface area contributed by atoms with Gasteiger partial charge in [0.2, 0.25) is 11.0 Å². The lowest BCUT2D eigenvalue weighted by Crippen LogP contribution is -1.84. The molecule has 0 aliphatic heterocycles. The molecule has 0 spiro atoms. The molecule has 0 aliphatic rings. The van der Waals surface area contributed by atoms with Gasteiger partial charge in [-0.1, -0.05) is 43.0 Å². The second-order valence-corrected chi connectivity index (χ2v) is 7.08. The van der Waals surface area contributed by atoms with Gasteiger partial charge in [0, 0.05) is 5.56 Å². The van der Waals surface area contributed by atoms with Crippen LogP contribution in [0.2, 0.25) is 0 Å². The van der Waals surface area contributed by atoms with E-state index in [1.54, 1.807) is 0 Å². The number of H-pyrrole nitrogens is 1. The molecule has 138 valence electrons. The summed E-state index contributed by atoms with van der Waals surface area (Å²) in [4.78, 5) is 4.52. The van der Waals surface area contributed by atoms with Crippen molar-refractivity contribution in [2.45, 2.75) is 38.1 Å². The highest BCUT2D eigenvalue weighted by Crippen LogP contribution is 2.27. The lowest BCUT2D eigenvalue weighted by Gasteiger charge is -1.98. The Labute approximate surface area is 160 Å². The largest absolute Gasteiger partial charge is 0.466 e. The molecule has 0 radical (unpaired) electrons. The normalized spacial score (nSPS) is 11.2. The standard InChI is InChI=1S/C19H19N5O2S/c1-4-13-5-7-14(8-6-13)17-20-19(24-22-17)27-10-16-21-23-18(26-16)15-9-11(2)25-12(15)3/h5-9H,4,10H2,1-3H3,(H,20,22,24). The number of nitrogens with zero attached hydrogens (tertiary/aromatic N) is 4. The molecule has 1 N–H and O–H groups in total. The van der Waals surface area contributed by atoms with E-state index in [0.717, 1.165) is 34.9 Å². The average molecular weight is 381 g/mol. The first kappa shape index (κ1) is 17.5. The topological polar surface area (TPSA) is 93.6 Å². The molecule has 8 heteroatoms. The summed E-state index contributed by atoms with van der Waals surface area (Å²) in [5, 5.41) is 16.1. The minimum Gasteiger partial charge on any atom is -0.466 e. The molecule has 0 saturated carbocycles. The molecule has 0 fully saturated rings. The molecule has 4 rings (SSSR count). The van der Waals surface area contributed by atoms with Crippen LogP contribution >= 0.6 is 11.8 Å². The zero-order valence-corrected chi connectivity index (χ0v) is 16.1. The number of benzene rings is 1. The SMILES string of the molecule is CCc1ccc(-c2nc(SCc3nnc(-c4cc(C)oc4C)o3)n[nH]2)cc1. The minimum atomic E-state index is 0.464. The van der Waals surface area contributed by atoms with E-state index >= 15 is 0 Å². The van der Waals surface area contributed by atoms with Crippen LogP contribution in [-0.4, -0.2) is 25.4 Å². The molecule has 1 aromatic carbocycles. The second kappa shape index (κ2) is 7.40.